The second-order valence-corrected chi connectivity index (χ2v) is 6.10. The van der Waals surface area contributed by atoms with Crippen molar-refractivity contribution in [3.63, 3.8) is 0 Å². The van der Waals surface area contributed by atoms with E-state index in [0.717, 1.165) is 11.3 Å². The van der Waals surface area contributed by atoms with Crippen LogP contribution in [0.5, 0.6) is 0 Å². The molecule has 0 saturated carbocycles. The smallest absolute Gasteiger partial charge is 0.231 e. The van der Waals surface area contributed by atoms with Crippen LogP contribution >= 0.6 is 0 Å². The molecule has 0 fully saturated rings. The van der Waals surface area contributed by atoms with E-state index in [4.69, 9.17) is 11.0 Å². The molecule has 7 heteroatoms. The van der Waals surface area contributed by atoms with E-state index in [-0.39, 0.29) is 18.3 Å². The van der Waals surface area contributed by atoms with Crippen molar-refractivity contribution in [1.82, 2.24) is 14.7 Å². The Bertz CT molecular complexity index is 891. The van der Waals surface area contributed by atoms with Gasteiger partial charge in [0, 0.05) is 19.7 Å². The lowest BCUT2D eigenvalue weighted by Gasteiger charge is -2.31. The zero-order valence-corrected chi connectivity index (χ0v) is 13.8. The minimum atomic E-state index is -0.795. The highest BCUT2D eigenvalue weighted by atomic mass is 16.2. The van der Waals surface area contributed by atoms with Crippen molar-refractivity contribution < 1.29 is 4.79 Å². The molecule has 2 heterocycles. The first kappa shape index (κ1) is 15.7. The summed E-state index contributed by atoms with van der Waals surface area (Å²) in [6, 6.07) is 11.3. The van der Waals surface area contributed by atoms with Crippen LogP contribution in [-0.2, 0) is 17.4 Å². The zero-order valence-electron chi connectivity index (χ0n) is 13.8. The minimum Gasteiger partial charge on any atom is -0.369 e. The van der Waals surface area contributed by atoms with E-state index in [1.807, 2.05) is 32.2 Å². The molecule has 0 radical (unpaired) electrons. The zero-order chi connectivity index (χ0) is 17.5. The summed E-state index contributed by atoms with van der Waals surface area (Å²) in [4.78, 5) is 18.0. The lowest BCUT2D eigenvalue weighted by atomic mass is 9.92. The molecule has 1 aromatic carbocycles. The van der Waals surface area contributed by atoms with Gasteiger partial charge in [0.25, 0.3) is 0 Å². The van der Waals surface area contributed by atoms with Crippen LogP contribution in [0.1, 0.15) is 24.6 Å². The van der Waals surface area contributed by atoms with Crippen LogP contribution in [0.25, 0.3) is 11.3 Å². The number of nitriles is 1. The molecule has 1 amide bonds. The second kappa shape index (κ2) is 5.49. The van der Waals surface area contributed by atoms with E-state index >= 15 is 0 Å². The maximum atomic E-state index is 12.1. The monoisotopic (exact) mass is 322 g/mol. The van der Waals surface area contributed by atoms with Gasteiger partial charge in [-0.05, 0) is 25.1 Å². The highest BCUT2D eigenvalue weighted by Crippen LogP contribution is 2.34. The van der Waals surface area contributed by atoms with Gasteiger partial charge in [-0.1, -0.05) is 12.1 Å². The van der Waals surface area contributed by atoms with Crippen LogP contribution in [0.15, 0.2) is 35.3 Å². The number of carbonyl (C=O) groups excluding carboxylic acids is 1. The van der Waals surface area contributed by atoms with Crippen LogP contribution in [-0.4, -0.2) is 33.6 Å². The summed E-state index contributed by atoms with van der Waals surface area (Å²) in [5.74, 6) is 0.0936. The summed E-state index contributed by atoms with van der Waals surface area (Å²) < 4.78 is 1.73. The van der Waals surface area contributed by atoms with E-state index in [1.165, 1.54) is 4.90 Å². The van der Waals surface area contributed by atoms with Crippen LogP contribution in [0.2, 0.25) is 0 Å². The lowest BCUT2D eigenvalue weighted by Crippen LogP contribution is -2.47. The Morgan fingerprint density at radius 2 is 2.08 bits per heavy atom. The van der Waals surface area contributed by atoms with Crippen molar-refractivity contribution in [1.29, 1.82) is 5.26 Å². The van der Waals surface area contributed by atoms with Gasteiger partial charge in [-0.15, -0.1) is 0 Å². The molecule has 0 bridgehead atoms. The fourth-order valence-corrected chi connectivity index (χ4v) is 2.80. The summed E-state index contributed by atoms with van der Waals surface area (Å²) in [5, 5.41) is 13.6. The van der Waals surface area contributed by atoms with Crippen LogP contribution in [0, 0.1) is 11.3 Å². The average Bonchev–Trinajstić information content (AvgIpc) is 2.95. The highest BCUT2D eigenvalue weighted by molar-refractivity contribution is 5.98. The fraction of sp³-hybridized carbons (Fsp3) is 0.294. The molecule has 0 saturated heterocycles. The van der Waals surface area contributed by atoms with Gasteiger partial charge >= 0.3 is 0 Å². The van der Waals surface area contributed by atoms with Crippen LogP contribution in [0.3, 0.4) is 0 Å². The molecule has 7 nitrogen and oxygen atoms in total. The van der Waals surface area contributed by atoms with Gasteiger partial charge in [-0.2, -0.15) is 10.4 Å². The Hall–Kier alpha value is -3.14. The van der Waals surface area contributed by atoms with Crippen LogP contribution < -0.4 is 5.73 Å². The molecular formula is C17H18N6O. The van der Waals surface area contributed by atoms with E-state index in [9.17, 15) is 4.79 Å². The number of aliphatic imine (C=N–C) groups is 1. The topological polar surface area (TPSA) is 100 Å². The number of hydrogen-bond donors (Lipinski definition) is 1. The van der Waals surface area contributed by atoms with E-state index < -0.39 is 5.54 Å². The molecule has 0 unspecified atom stereocenters. The quantitative estimate of drug-likeness (QED) is 0.902. The van der Waals surface area contributed by atoms with Gasteiger partial charge in [-0.25, -0.2) is 4.99 Å². The third-order valence-electron chi connectivity index (χ3n) is 4.29. The first-order valence-corrected chi connectivity index (χ1v) is 7.51. The predicted octanol–water partition coefficient (Wildman–Crippen LogP) is 1.35. The van der Waals surface area contributed by atoms with Crippen molar-refractivity contribution >= 4 is 11.9 Å². The largest absolute Gasteiger partial charge is 0.369 e. The number of carbonyl (C=O) groups is 1. The lowest BCUT2D eigenvalue weighted by molar-refractivity contribution is -0.128. The molecule has 1 atom stereocenters. The number of benzene rings is 1. The maximum absolute atomic E-state index is 12.1. The van der Waals surface area contributed by atoms with Crippen molar-refractivity contribution in [3.05, 3.63) is 41.6 Å². The van der Waals surface area contributed by atoms with E-state index in [2.05, 4.69) is 16.2 Å². The Kier molecular flexibility index (Phi) is 3.60. The molecule has 24 heavy (non-hydrogen) atoms. The standard InChI is InChI=1S/C17H18N6O/c1-17(9-15(24)22(2)16(19)20-17)14-8-13(23(3)21-14)12-6-4-5-11(7-12)10-18/h4-8H,9H2,1-3H3,(H2,19,20)/t17-/m0/s1. The molecule has 2 aromatic rings. The van der Waals surface area contributed by atoms with Crippen LogP contribution in [0.4, 0.5) is 0 Å². The van der Waals surface area contributed by atoms with Gasteiger partial charge in [0.15, 0.2) is 5.96 Å². The number of aryl methyl sites for hydroxylation is 1. The van der Waals surface area contributed by atoms with Gasteiger partial charge in [0.05, 0.1) is 29.4 Å². The minimum absolute atomic E-state index is 0.0938. The van der Waals surface area contributed by atoms with E-state index in [0.29, 0.717) is 11.3 Å². The number of hydrogen-bond acceptors (Lipinski definition) is 5. The van der Waals surface area contributed by atoms with E-state index in [1.54, 1.807) is 23.9 Å². The first-order chi connectivity index (χ1) is 11.3. The van der Waals surface area contributed by atoms with Crippen molar-refractivity contribution in [3.8, 4) is 17.3 Å². The normalized spacial score (nSPS) is 20.7. The molecule has 3 rings (SSSR count). The van der Waals surface area contributed by atoms with Gasteiger partial charge in [-0.3, -0.25) is 14.4 Å². The molecule has 1 aromatic heterocycles. The average molecular weight is 322 g/mol. The Morgan fingerprint density at radius 1 is 1.33 bits per heavy atom. The summed E-state index contributed by atoms with van der Waals surface area (Å²) in [6.45, 7) is 1.85. The first-order valence-electron chi connectivity index (χ1n) is 7.51. The summed E-state index contributed by atoms with van der Waals surface area (Å²) >= 11 is 0. The predicted molar refractivity (Wildman–Crippen MR) is 89.7 cm³/mol. The maximum Gasteiger partial charge on any atom is 0.231 e. The summed E-state index contributed by atoms with van der Waals surface area (Å²) in [5.41, 5.74) is 8.05. The van der Waals surface area contributed by atoms with Gasteiger partial charge in [0.2, 0.25) is 5.91 Å². The molecule has 2 N–H and O–H groups in total. The van der Waals surface area contributed by atoms with Gasteiger partial charge in [0.1, 0.15) is 5.54 Å². The molecule has 0 aliphatic carbocycles. The summed E-state index contributed by atoms with van der Waals surface area (Å²) in [6.07, 6.45) is 0.207. The third kappa shape index (κ3) is 2.52. The SMILES string of the molecule is CN1C(=O)C[C@@](C)(c2cc(-c3cccc(C#N)c3)n(C)n2)N=C1N. The Balaban J connectivity index is 2.06. The van der Waals surface area contributed by atoms with Gasteiger partial charge < -0.3 is 5.73 Å². The Labute approximate surface area is 140 Å². The third-order valence-corrected chi connectivity index (χ3v) is 4.29. The molecule has 122 valence electrons. The highest BCUT2D eigenvalue weighted by Gasteiger charge is 2.38. The fourth-order valence-electron chi connectivity index (χ4n) is 2.80. The second-order valence-electron chi connectivity index (χ2n) is 6.10. The van der Waals surface area contributed by atoms with Crippen molar-refractivity contribution in [2.75, 3.05) is 7.05 Å². The summed E-state index contributed by atoms with van der Waals surface area (Å²) in [7, 11) is 3.43. The molecule has 1 aliphatic rings. The number of aromatic nitrogens is 2. The van der Waals surface area contributed by atoms with Crippen molar-refractivity contribution in [2.24, 2.45) is 17.8 Å². The van der Waals surface area contributed by atoms with Crippen molar-refractivity contribution in [2.45, 2.75) is 18.9 Å². The molecule has 0 spiro atoms. The number of nitrogens with zero attached hydrogens (tertiary/aromatic N) is 5. The number of rotatable bonds is 2. The molecular weight excluding hydrogens is 304 g/mol. The number of amides is 1. The molecule has 1 aliphatic heterocycles. The number of guanidine groups is 1. The Morgan fingerprint density at radius 3 is 2.75 bits per heavy atom. The number of nitrogens with two attached hydrogens (primary N) is 1.